The van der Waals surface area contributed by atoms with Crippen LogP contribution >= 0.6 is 11.6 Å². The number of nitrogens with one attached hydrogen (secondary N) is 2. The zero-order chi connectivity index (χ0) is 19.6. The quantitative estimate of drug-likeness (QED) is 0.645. The molecule has 2 amide bonds. The van der Waals surface area contributed by atoms with Gasteiger partial charge in [-0.15, -0.1) is 0 Å². The number of hydrogen-bond donors (Lipinski definition) is 2. The maximum absolute atomic E-state index is 12.7. The summed E-state index contributed by atoms with van der Waals surface area (Å²) in [7, 11) is 0. The molecule has 0 aliphatic rings. The van der Waals surface area contributed by atoms with Gasteiger partial charge in [0.15, 0.2) is 0 Å². The molecule has 2 aromatic carbocycles. The number of pyridine rings is 1. The molecule has 0 spiro atoms. The van der Waals surface area contributed by atoms with Crippen molar-refractivity contribution in [1.82, 2.24) is 4.57 Å². The van der Waals surface area contributed by atoms with E-state index in [0.29, 0.717) is 39.6 Å². The molecule has 0 aliphatic heterocycles. The van der Waals surface area contributed by atoms with Crippen molar-refractivity contribution < 1.29 is 4.79 Å². The van der Waals surface area contributed by atoms with Gasteiger partial charge in [-0.25, -0.2) is 4.79 Å². The Bertz CT molecular complexity index is 1060. The average Bonchev–Trinajstić information content (AvgIpc) is 2.61. The van der Waals surface area contributed by atoms with E-state index in [9.17, 15) is 9.59 Å². The average molecular weight is 384 g/mol. The number of aryl methyl sites for hydroxylation is 1. The smallest absolute Gasteiger partial charge is 0.313 e. The fourth-order valence-electron chi connectivity index (χ4n) is 2.97. The van der Waals surface area contributed by atoms with E-state index in [2.05, 4.69) is 10.6 Å². The SMILES string of the molecule is Cc1ccc(NC(=O)Nc2cn(CC(C)C)c(=O)c3ccccc23)c(Cl)c1. The van der Waals surface area contributed by atoms with E-state index in [4.69, 9.17) is 11.6 Å². The van der Waals surface area contributed by atoms with Crippen LogP contribution in [0.15, 0.2) is 53.5 Å². The Balaban J connectivity index is 1.94. The minimum Gasteiger partial charge on any atom is -0.313 e. The van der Waals surface area contributed by atoms with Crippen LogP contribution in [-0.4, -0.2) is 10.6 Å². The molecule has 0 saturated carbocycles. The number of urea groups is 1. The van der Waals surface area contributed by atoms with Gasteiger partial charge in [0, 0.05) is 23.5 Å². The molecule has 0 fully saturated rings. The standard InChI is InChI=1S/C21H22ClN3O2/c1-13(2)11-25-12-19(15-6-4-5-7-16(15)20(25)26)24-21(27)23-18-9-8-14(3)10-17(18)22/h4-10,12-13H,11H2,1-3H3,(H2,23,24,27). The fraction of sp³-hybridized carbons (Fsp3) is 0.238. The number of hydrogen-bond acceptors (Lipinski definition) is 2. The third-order valence-corrected chi connectivity index (χ3v) is 4.49. The second-order valence-corrected chi connectivity index (χ2v) is 7.41. The Morgan fingerprint density at radius 2 is 1.74 bits per heavy atom. The maximum atomic E-state index is 12.7. The summed E-state index contributed by atoms with van der Waals surface area (Å²) >= 11 is 6.19. The van der Waals surface area contributed by atoms with Gasteiger partial charge in [0.05, 0.1) is 16.4 Å². The number of carbonyl (C=O) groups is 1. The molecular formula is C21H22ClN3O2. The summed E-state index contributed by atoms with van der Waals surface area (Å²) in [4.78, 5) is 25.2. The van der Waals surface area contributed by atoms with Crippen LogP contribution in [0.25, 0.3) is 10.8 Å². The molecule has 27 heavy (non-hydrogen) atoms. The summed E-state index contributed by atoms with van der Waals surface area (Å²) in [5.74, 6) is 0.303. The number of aromatic nitrogens is 1. The first-order valence-electron chi connectivity index (χ1n) is 8.81. The largest absolute Gasteiger partial charge is 0.323 e. The molecule has 2 N–H and O–H groups in total. The topological polar surface area (TPSA) is 63.1 Å². The monoisotopic (exact) mass is 383 g/mol. The van der Waals surface area contributed by atoms with Crippen molar-refractivity contribution in [2.45, 2.75) is 27.3 Å². The summed E-state index contributed by atoms with van der Waals surface area (Å²) in [5, 5.41) is 7.35. The van der Waals surface area contributed by atoms with Crippen molar-refractivity contribution in [3.63, 3.8) is 0 Å². The Morgan fingerprint density at radius 1 is 1.07 bits per heavy atom. The lowest BCUT2D eigenvalue weighted by Gasteiger charge is -2.15. The van der Waals surface area contributed by atoms with Gasteiger partial charge in [-0.1, -0.05) is 49.7 Å². The highest BCUT2D eigenvalue weighted by molar-refractivity contribution is 6.33. The van der Waals surface area contributed by atoms with E-state index in [1.165, 1.54) is 0 Å². The van der Waals surface area contributed by atoms with Crippen LogP contribution in [-0.2, 0) is 6.54 Å². The highest BCUT2D eigenvalue weighted by Crippen LogP contribution is 2.24. The Kier molecular flexibility index (Phi) is 5.51. The number of halogens is 1. The molecule has 6 heteroatoms. The van der Waals surface area contributed by atoms with Crippen molar-refractivity contribution in [1.29, 1.82) is 0 Å². The Morgan fingerprint density at radius 3 is 2.41 bits per heavy atom. The van der Waals surface area contributed by atoms with Gasteiger partial charge in [0.1, 0.15) is 0 Å². The van der Waals surface area contributed by atoms with Gasteiger partial charge in [0.2, 0.25) is 0 Å². The minimum absolute atomic E-state index is 0.0631. The molecule has 0 bridgehead atoms. The van der Waals surface area contributed by atoms with E-state index in [1.54, 1.807) is 29.0 Å². The molecule has 1 aromatic heterocycles. The molecule has 0 radical (unpaired) electrons. The lowest BCUT2D eigenvalue weighted by molar-refractivity contribution is 0.262. The summed E-state index contributed by atoms with van der Waals surface area (Å²) in [6.45, 7) is 6.59. The lowest BCUT2D eigenvalue weighted by atomic mass is 10.1. The summed E-state index contributed by atoms with van der Waals surface area (Å²) in [5.41, 5.74) is 2.05. The fourth-order valence-corrected chi connectivity index (χ4v) is 3.25. The molecule has 1 heterocycles. The molecule has 0 unspecified atom stereocenters. The zero-order valence-electron chi connectivity index (χ0n) is 15.5. The van der Waals surface area contributed by atoms with Gasteiger partial charge in [0.25, 0.3) is 5.56 Å². The molecule has 5 nitrogen and oxygen atoms in total. The van der Waals surface area contributed by atoms with Crippen molar-refractivity contribution in [3.05, 3.63) is 69.6 Å². The van der Waals surface area contributed by atoms with Crippen molar-refractivity contribution in [2.24, 2.45) is 5.92 Å². The van der Waals surface area contributed by atoms with Gasteiger partial charge in [-0.05, 0) is 36.6 Å². The van der Waals surface area contributed by atoms with Gasteiger partial charge in [-0.3, -0.25) is 4.79 Å². The van der Waals surface area contributed by atoms with Crippen LogP contribution in [0, 0.1) is 12.8 Å². The van der Waals surface area contributed by atoms with E-state index >= 15 is 0 Å². The molecular weight excluding hydrogens is 362 g/mol. The number of anilines is 2. The van der Waals surface area contributed by atoms with Crippen LogP contribution in [0.4, 0.5) is 16.2 Å². The van der Waals surface area contributed by atoms with Crippen LogP contribution in [0.5, 0.6) is 0 Å². The summed E-state index contributed by atoms with van der Waals surface area (Å²) in [6, 6.07) is 12.3. The van der Waals surface area contributed by atoms with Crippen molar-refractivity contribution in [2.75, 3.05) is 10.6 Å². The Hall–Kier alpha value is -2.79. The number of amides is 2. The lowest BCUT2D eigenvalue weighted by Crippen LogP contribution is -2.25. The molecule has 0 atom stereocenters. The van der Waals surface area contributed by atoms with Gasteiger partial charge < -0.3 is 15.2 Å². The molecule has 0 saturated heterocycles. The first-order valence-corrected chi connectivity index (χ1v) is 9.19. The van der Waals surface area contributed by atoms with Gasteiger partial charge >= 0.3 is 6.03 Å². The third kappa shape index (κ3) is 4.31. The number of fused-ring (bicyclic) bond motifs is 1. The van der Waals surface area contributed by atoms with Crippen LogP contribution in [0.2, 0.25) is 5.02 Å². The Labute approximate surface area is 163 Å². The highest BCUT2D eigenvalue weighted by Gasteiger charge is 2.13. The molecule has 3 rings (SSSR count). The summed E-state index contributed by atoms with van der Waals surface area (Å²) in [6.07, 6.45) is 1.70. The number of carbonyl (C=O) groups excluding carboxylic acids is 1. The summed E-state index contributed by atoms with van der Waals surface area (Å²) < 4.78 is 1.64. The molecule has 140 valence electrons. The number of nitrogens with zero attached hydrogens (tertiary/aromatic N) is 1. The maximum Gasteiger partial charge on any atom is 0.323 e. The molecule has 3 aromatic rings. The normalized spacial score (nSPS) is 11.0. The number of rotatable bonds is 4. The van der Waals surface area contributed by atoms with E-state index in [-0.39, 0.29) is 5.56 Å². The van der Waals surface area contributed by atoms with Crippen LogP contribution < -0.4 is 16.2 Å². The van der Waals surface area contributed by atoms with Crippen LogP contribution in [0.3, 0.4) is 0 Å². The van der Waals surface area contributed by atoms with E-state index in [0.717, 1.165) is 5.56 Å². The second kappa shape index (κ2) is 7.84. The molecule has 0 aliphatic carbocycles. The first-order chi connectivity index (χ1) is 12.8. The van der Waals surface area contributed by atoms with Crippen LogP contribution in [0.1, 0.15) is 19.4 Å². The number of benzene rings is 2. The zero-order valence-corrected chi connectivity index (χ0v) is 16.3. The van der Waals surface area contributed by atoms with E-state index in [1.807, 2.05) is 45.0 Å². The predicted molar refractivity (Wildman–Crippen MR) is 112 cm³/mol. The second-order valence-electron chi connectivity index (χ2n) is 7.00. The highest BCUT2D eigenvalue weighted by atomic mass is 35.5. The van der Waals surface area contributed by atoms with Gasteiger partial charge in [-0.2, -0.15) is 0 Å². The third-order valence-electron chi connectivity index (χ3n) is 4.18. The van der Waals surface area contributed by atoms with Crippen molar-refractivity contribution in [3.8, 4) is 0 Å². The minimum atomic E-state index is -0.416. The van der Waals surface area contributed by atoms with E-state index < -0.39 is 6.03 Å². The predicted octanol–water partition coefficient (Wildman–Crippen LogP) is 5.26. The first kappa shape index (κ1) is 19.0. The van der Waals surface area contributed by atoms with Crippen molar-refractivity contribution >= 4 is 39.8 Å².